The molecule has 2 heterocycles. The fourth-order valence-corrected chi connectivity index (χ4v) is 4.10. The van der Waals surface area contributed by atoms with Gasteiger partial charge >= 0.3 is 6.09 Å². The summed E-state index contributed by atoms with van der Waals surface area (Å²) in [4.78, 5) is 23.2. The van der Waals surface area contributed by atoms with Crippen LogP contribution in [0, 0.1) is 5.82 Å². The zero-order valence-electron chi connectivity index (χ0n) is 19.5. The maximum Gasteiger partial charge on any atom is 0.410 e. The van der Waals surface area contributed by atoms with Gasteiger partial charge in [-0.2, -0.15) is 0 Å². The number of amides is 1. The minimum atomic E-state index is -0.534. The quantitative estimate of drug-likeness (QED) is 0.465. The van der Waals surface area contributed by atoms with E-state index in [0.717, 1.165) is 29.5 Å². The highest BCUT2D eigenvalue weighted by Crippen LogP contribution is 2.30. The fraction of sp³-hybridized carbons (Fsp3) is 0.346. The lowest BCUT2D eigenvalue weighted by Crippen LogP contribution is -2.47. The number of nitrogens with one attached hydrogen (secondary N) is 1. The van der Waals surface area contributed by atoms with Crippen LogP contribution in [0.25, 0.3) is 22.4 Å². The number of likely N-dealkylation sites (tertiary alicyclic amines) is 1. The molecule has 8 heteroatoms. The summed E-state index contributed by atoms with van der Waals surface area (Å²) in [6.45, 7) is 6.75. The molecule has 34 heavy (non-hydrogen) atoms. The van der Waals surface area contributed by atoms with E-state index in [1.54, 1.807) is 23.2 Å². The third-order valence-electron chi connectivity index (χ3n) is 5.46. The van der Waals surface area contributed by atoms with Gasteiger partial charge in [0, 0.05) is 24.7 Å². The molecule has 0 spiro atoms. The molecule has 1 aliphatic heterocycles. The summed E-state index contributed by atoms with van der Waals surface area (Å²) < 4.78 is 18.8. The first-order valence-electron chi connectivity index (χ1n) is 11.3. The van der Waals surface area contributed by atoms with Crippen LogP contribution in [0.15, 0.2) is 54.7 Å². The Morgan fingerprint density at radius 3 is 2.62 bits per heavy atom. The molecular formula is C26H28ClFN4O2. The number of piperidine rings is 1. The molecule has 178 valence electrons. The summed E-state index contributed by atoms with van der Waals surface area (Å²) in [5, 5.41) is 3.78. The Hall–Kier alpha value is -3.19. The Labute approximate surface area is 204 Å². The molecule has 0 radical (unpaired) electrons. The number of carbonyl (C=O) groups excluding carboxylic acids is 1. The Morgan fingerprint density at radius 2 is 1.88 bits per heavy atom. The van der Waals surface area contributed by atoms with E-state index in [1.165, 1.54) is 12.1 Å². The van der Waals surface area contributed by atoms with Crippen molar-refractivity contribution in [2.45, 2.75) is 45.3 Å². The summed E-state index contributed by atoms with van der Waals surface area (Å²) in [7, 11) is 0. The molecule has 6 nitrogen and oxygen atoms in total. The van der Waals surface area contributed by atoms with Crippen LogP contribution in [0.3, 0.4) is 0 Å². The van der Waals surface area contributed by atoms with Crippen LogP contribution in [0.5, 0.6) is 0 Å². The largest absolute Gasteiger partial charge is 0.444 e. The second-order valence-electron chi connectivity index (χ2n) is 9.39. The van der Waals surface area contributed by atoms with Gasteiger partial charge in [-0.25, -0.2) is 19.2 Å². The van der Waals surface area contributed by atoms with Gasteiger partial charge < -0.3 is 15.0 Å². The molecule has 1 saturated heterocycles. The predicted molar refractivity (Wildman–Crippen MR) is 132 cm³/mol. The SMILES string of the molecule is CC(C)(C)OC(=O)N1CCC[C@H](Nc2ncc(Cl)c(-c3cccc(-c4ccc(F)cc4)c3)n2)C1. The zero-order valence-corrected chi connectivity index (χ0v) is 20.3. The smallest absolute Gasteiger partial charge is 0.410 e. The molecule has 1 atom stereocenters. The zero-order chi connectivity index (χ0) is 24.3. The molecule has 1 amide bonds. The number of benzene rings is 2. The maximum atomic E-state index is 13.3. The van der Waals surface area contributed by atoms with Gasteiger partial charge in [-0.1, -0.05) is 41.9 Å². The molecule has 1 N–H and O–H groups in total. The van der Waals surface area contributed by atoms with E-state index in [4.69, 9.17) is 16.3 Å². The number of aromatic nitrogens is 2. The highest BCUT2D eigenvalue weighted by molar-refractivity contribution is 6.32. The maximum absolute atomic E-state index is 13.3. The molecule has 0 aliphatic carbocycles. The van der Waals surface area contributed by atoms with Crippen molar-refractivity contribution in [1.29, 1.82) is 0 Å². The fourth-order valence-electron chi connectivity index (χ4n) is 3.90. The number of rotatable bonds is 4. The number of hydrogen-bond donors (Lipinski definition) is 1. The molecule has 0 bridgehead atoms. The Morgan fingerprint density at radius 1 is 1.15 bits per heavy atom. The van der Waals surface area contributed by atoms with E-state index in [1.807, 2.05) is 45.0 Å². The van der Waals surface area contributed by atoms with Crippen molar-refractivity contribution in [1.82, 2.24) is 14.9 Å². The molecule has 2 aromatic carbocycles. The van der Waals surface area contributed by atoms with E-state index in [9.17, 15) is 9.18 Å². The molecule has 3 aromatic rings. The van der Waals surface area contributed by atoms with Crippen molar-refractivity contribution in [3.63, 3.8) is 0 Å². The summed E-state index contributed by atoms with van der Waals surface area (Å²) in [6.07, 6.45) is 3.01. The minimum absolute atomic E-state index is 0.000781. The lowest BCUT2D eigenvalue weighted by molar-refractivity contribution is 0.0206. The van der Waals surface area contributed by atoms with Gasteiger partial charge in [-0.3, -0.25) is 0 Å². The van der Waals surface area contributed by atoms with Gasteiger partial charge in [-0.05, 0) is 62.9 Å². The van der Waals surface area contributed by atoms with Gasteiger partial charge in [0.15, 0.2) is 0 Å². The molecule has 4 rings (SSSR count). The van der Waals surface area contributed by atoms with Gasteiger partial charge in [0.25, 0.3) is 0 Å². The van der Waals surface area contributed by atoms with Crippen molar-refractivity contribution in [2.75, 3.05) is 18.4 Å². The van der Waals surface area contributed by atoms with E-state index in [-0.39, 0.29) is 18.0 Å². The van der Waals surface area contributed by atoms with E-state index in [2.05, 4.69) is 15.3 Å². The summed E-state index contributed by atoms with van der Waals surface area (Å²) >= 11 is 6.45. The number of anilines is 1. The number of nitrogens with zero attached hydrogens (tertiary/aromatic N) is 3. The lowest BCUT2D eigenvalue weighted by atomic mass is 10.0. The number of ether oxygens (including phenoxy) is 1. The molecule has 1 aromatic heterocycles. The molecular weight excluding hydrogens is 455 g/mol. The first-order chi connectivity index (χ1) is 16.2. The van der Waals surface area contributed by atoms with Crippen LogP contribution < -0.4 is 5.32 Å². The average molecular weight is 483 g/mol. The molecule has 1 fully saturated rings. The Bertz CT molecular complexity index is 1160. The third-order valence-corrected chi connectivity index (χ3v) is 5.74. The molecule has 0 saturated carbocycles. The van der Waals surface area contributed by atoms with Crippen LogP contribution in [-0.2, 0) is 4.74 Å². The van der Waals surface area contributed by atoms with Gasteiger partial charge in [0.05, 0.1) is 16.9 Å². The second kappa shape index (κ2) is 9.97. The highest BCUT2D eigenvalue weighted by atomic mass is 35.5. The van der Waals surface area contributed by atoms with Gasteiger partial charge in [0.2, 0.25) is 5.95 Å². The van der Waals surface area contributed by atoms with Crippen molar-refractivity contribution in [3.8, 4) is 22.4 Å². The average Bonchev–Trinajstić information content (AvgIpc) is 2.80. The topological polar surface area (TPSA) is 67.3 Å². The Balaban J connectivity index is 1.51. The van der Waals surface area contributed by atoms with Crippen molar-refractivity contribution in [2.24, 2.45) is 0 Å². The van der Waals surface area contributed by atoms with E-state index < -0.39 is 5.60 Å². The normalized spacial score (nSPS) is 16.3. The Kier molecular flexibility index (Phi) is 7.03. The molecule has 0 unspecified atom stereocenters. The van der Waals surface area contributed by atoms with Crippen LogP contribution >= 0.6 is 11.6 Å². The van der Waals surface area contributed by atoms with Crippen molar-refractivity contribution >= 4 is 23.6 Å². The first-order valence-corrected chi connectivity index (χ1v) is 11.7. The van der Waals surface area contributed by atoms with Crippen LogP contribution in [0.1, 0.15) is 33.6 Å². The predicted octanol–water partition coefficient (Wildman–Crippen LogP) is 6.41. The second-order valence-corrected chi connectivity index (χ2v) is 9.79. The number of halogens is 2. The lowest BCUT2D eigenvalue weighted by Gasteiger charge is -2.34. The number of carbonyl (C=O) groups is 1. The first kappa shape index (κ1) is 24.0. The van der Waals surface area contributed by atoms with Crippen LogP contribution in [-0.4, -0.2) is 45.7 Å². The minimum Gasteiger partial charge on any atom is -0.444 e. The molecule has 1 aliphatic rings. The summed E-state index contributed by atoms with van der Waals surface area (Å²) in [5.41, 5.74) is 2.73. The van der Waals surface area contributed by atoms with Gasteiger partial charge in [0.1, 0.15) is 11.4 Å². The highest BCUT2D eigenvalue weighted by Gasteiger charge is 2.28. The van der Waals surface area contributed by atoms with Gasteiger partial charge in [-0.15, -0.1) is 0 Å². The summed E-state index contributed by atoms with van der Waals surface area (Å²) in [5.74, 6) is 0.171. The standard InChI is InChI=1S/C26H28ClFN4O2/c1-26(2,3)34-25(33)32-13-5-8-21(16-32)30-24-29-15-22(27)23(31-24)19-7-4-6-18(14-19)17-9-11-20(28)12-10-17/h4,6-7,9-12,14-15,21H,5,8,13,16H2,1-3H3,(H,29,30,31)/t21-/m0/s1. The third kappa shape index (κ3) is 6.03. The van der Waals surface area contributed by atoms with E-state index in [0.29, 0.717) is 29.8 Å². The van der Waals surface area contributed by atoms with E-state index >= 15 is 0 Å². The van der Waals surface area contributed by atoms with Crippen molar-refractivity contribution in [3.05, 3.63) is 65.6 Å². The van der Waals surface area contributed by atoms with Crippen molar-refractivity contribution < 1.29 is 13.9 Å². The van der Waals surface area contributed by atoms with Crippen LogP contribution in [0.4, 0.5) is 15.1 Å². The summed E-state index contributed by atoms with van der Waals surface area (Å²) in [6, 6.07) is 14.1. The monoisotopic (exact) mass is 482 g/mol. The number of hydrogen-bond acceptors (Lipinski definition) is 5. The van der Waals surface area contributed by atoms with Crippen LogP contribution in [0.2, 0.25) is 5.02 Å².